The first kappa shape index (κ1) is 13.8. The highest BCUT2D eigenvalue weighted by Crippen LogP contribution is 2.42. The second-order valence-corrected chi connectivity index (χ2v) is 5.36. The molecule has 3 nitrogen and oxygen atoms in total. The largest absolute Gasteiger partial charge is 0.376 e. The molecular formula is C14H21ClN2O. The van der Waals surface area contributed by atoms with Crippen LogP contribution in [0.3, 0.4) is 0 Å². The second kappa shape index (κ2) is 6.02. The zero-order chi connectivity index (χ0) is 13.0. The molecule has 0 spiro atoms. The van der Waals surface area contributed by atoms with E-state index in [0.29, 0.717) is 0 Å². The van der Waals surface area contributed by atoms with Crippen LogP contribution in [0, 0.1) is 0 Å². The molecule has 1 aromatic rings. The Labute approximate surface area is 114 Å². The second-order valence-electron chi connectivity index (χ2n) is 4.95. The first-order valence-electron chi connectivity index (χ1n) is 6.49. The molecule has 100 valence electrons. The molecule has 1 unspecified atom stereocenters. The Bertz CT molecular complexity index is 391. The van der Waals surface area contributed by atoms with Gasteiger partial charge in [-0.25, -0.2) is 0 Å². The topological polar surface area (TPSA) is 47.3 Å². The summed E-state index contributed by atoms with van der Waals surface area (Å²) < 4.78 is 5.84. The predicted molar refractivity (Wildman–Crippen MR) is 74.3 cm³/mol. The third-order valence-electron chi connectivity index (χ3n) is 4.02. The van der Waals surface area contributed by atoms with Gasteiger partial charge in [-0.1, -0.05) is 49.1 Å². The van der Waals surface area contributed by atoms with Crippen molar-refractivity contribution in [1.82, 2.24) is 5.43 Å². The lowest BCUT2D eigenvalue weighted by Gasteiger charge is -2.42. The highest BCUT2D eigenvalue weighted by molar-refractivity contribution is 6.31. The number of halogens is 1. The third-order valence-corrected chi connectivity index (χ3v) is 4.36. The number of hydrogen-bond donors (Lipinski definition) is 2. The number of hydrogen-bond acceptors (Lipinski definition) is 3. The quantitative estimate of drug-likeness (QED) is 0.651. The van der Waals surface area contributed by atoms with Gasteiger partial charge in [-0.2, -0.15) is 0 Å². The Hall–Kier alpha value is -0.610. The summed E-state index contributed by atoms with van der Waals surface area (Å²) >= 11 is 6.28. The Morgan fingerprint density at radius 3 is 2.50 bits per heavy atom. The van der Waals surface area contributed by atoms with Crippen LogP contribution in [0.15, 0.2) is 24.3 Å². The molecule has 0 heterocycles. The summed E-state index contributed by atoms with van der Waals surface area (Å²) in [5.41, 5.74) is 3.69. The highest BCUT2D eigenvalue weighted by atomic mass is 35.5. The van der Waals surface area contributed by atoms with E-state index in [2.05, 4.69) is 5.43 Å². The maximum Gasteiger partial charge on any atom is 0.0886 e. The van der Waals surface area contributed by atoms with E-state index in [1.807, 2.05) is 24.3 Å². The zero-order valence-electron chi connectivity index (χ0n) is 10.8. The van der Waals surface area contributed by atoms with Crippen LogP contribution in [0.5, 0.6) is 0 Å². The minimum Gasteiger partial charge on any atom is -0.376 e. The molecule has 2 rings (SSSR count). The minimum absolute atomic E-state index is 0.0588. The predicted octanol–water partition coefficient (Wildman–Crippen LogP) is 3.19. The first-order chi connectivity index (χ1) is 8.73. The van der Waals surface area contributed by atoms with E-state index in [4.69, 9.17) is 22.2 Å². The van der Waals surface area contributed by atoms with Gasteiger partial charge in [-0.05, 0) is 24.5 Å². The van der Waals surface area contributed by atoms with Crippen molar-refractivity contribution in [3.8, 4) is 0 Å². The fourth-order valence-electron chi connectivity index (χ4n) is 3.00. The van der Waals surface area contributed by atoms with Crippen molar-refractivity contribution >= 4 is 11.6 Å². The number of methoxy groups -OCH3 is 1. The Morgan fingerprint density at radius 2 is 1.94 bits per heavy atom. The van der Waals surface area contributed by atoms with Gasteiger partial charge in [0.05, 0.1) is 11.6 Å². The van der Waals surface area contributed by atoms with Crippen molar-refractivity contribution in [2.75, 3.05) is 7.11 Å². The molecule has 0 amide bonds. The van der Waals surface area contributed by atoms with Crippen LogP contribution < -0.4 is 11.3 Å². The van der Waals surface area contributed by atoms with Gasteiger partial charge in [0.1, 0.15) is 0 Å². The van der Waals surface area contributed by atoms with E-state index in [1.165, 1.54) is 19.3 Å². The number of benzene rings is 1. The molecule has 0 bridgehead atoms. The van der Waals surface area contributed by atoms with Crippen molar-refractivity contribution in [3.63, 3.8) is 0 Å². The van der Waals surface area contributed by atoms with Gasteiger partial charge in [-0.15, -0.1) is 0 Å². The summed E-state index contributed by atoms with van der Waals surface area (Å²) in [4.78, 5) is 0. The summed E-state index contributed by atoms with van der Waals surface area (Å²) in [6.45, 7) is 0. The molecule has 1 fully saturated rings. The van der Waals surface area contributed by atoms with Gasteiger partial charge in [0, 0.05) is 12.1 Å². The SMILES string of the molecule is COC1(C(NN)c2ccccc2Cl)CCCCC1. The van der Waals surface area contributed by atoms with Gasteiger partial charge in [0.15, 0.2) is 0 Å². The first-order valence-corrected chi connectivity index (χ1v) is 6.87. The van der Waals surface area contributed by atoms with Crippen LogP contribution in [0.25, 0.3) is 0 Å². The zero-order valence-corrected chi connectivity index (χ0v) is 11.5. The van der Waals surface area contributed by atoms with E-state index in [-0.39, 0.29) is 11.6 Å². The monoisotopic (exact) mass is 268 g/mol. The van der Waals surface area contributed by atoms with E-state index in [9.17, 15) is 0 Å². The summed E-state index contributed by atoms with van der Waals surface area (Å²) in [5.74, 6) is 5.78. The standard InChI is InChI=1S/C14H21ClN2O/c1-18-14(9-5-2-6-10-14)13(17-16)11-7-3-4-8-12(11)15/h3-4,7-8,13,17H,2,5-6,9-10,16H2,1H3. The van der Waals surface area contributed by atoms with Crippen LogP contribution in [-0.2, 0) is 4.74 Å². The molecule has 4 heteroatoms. The number of ether oxygens (including phenoxy) is 1. The van der Waals surface area contributed by atoms with E-state index < -0.39 is 0 Å². The molecule has 1 aliphatic rings. The fourth-order valence-corrected chi connectivity index (χ4v) is 3.24. The fraction of sp³-hybridized carbons (Fsp3) is 0.571. The average Bonchev–Trinajstić information content (AvgIpc) is 2.43. The van der Waals surface area contributed by atoms with E-state index in [0.717, 1.165) is 23.4 Å². The van der Waals surface area contributed by atoms with E-state index >= 15 is 0 Å². The number of rotatable bonds is 4. The molecule has 1 aliphatic carbocycles. The van der Waals surface area contributed by atoms with Crippen molar-refractivity contribution in [2.24, 2.45) is 5.84 Å². The van der Waals surface area contributed by atoms with Gasteiger partial charge in [0.25, 0.3) is 0 Å². The molecule has 0 aromatic heterocycles. The third kappa shape index (κ3) is 2.54. The normalized spacial score (nSPS) is 20.6. The van der Waals surface area contributed by atoms with Crippen molar-refractivity contribution in [1.29, 1.82) is 0 Å². The lowest BCUT2D eigenvalue weighted by Crippen LogP contribution is -2.49. The van der Waals surface area contributed by atoms with Crippen LogP contribution in [0.4, 0.5) is 0 Å². The smallest absolute Gasteiger partial charge is 0.0886 e. The summed E-state index contributed by atoms with van der Waals surface area (Å²) in [7, 11) is 1.77. The number of nitrogens with one attached hydrogen (secondary N) is 1. The molecular weight excluding hydrogens is 248 g/mol. The highest BCUT2D eigenvalue weighted by Gasteiger charge is 2.41. The average molecular weight is 269 g/mol. The molecule has 0 saturated heterocycles. The van der Waals surface area contributed by atoms with Crippen molar-refractivity contribution in [3.05, 3.63) is 34.9 Å². The molecule has 1 atom stereocenters. The number of hydrazine groups is 1. The molecule has 0 aliphatic heterocycles. The molecule has 0 radical (unpaired) electrons. The van der Waals surface area contributed by atoms with Crippen LogP contribution in [-0.4, -0.2) is 12.7 Å². The summed E-state index contributed by atoms with van der Waals surface area (Å²) in [5, 5.41) is 0.738. The molecule has 18 heavy (non-hydrogen) atoms. The maximum atomic E-state index is 6.28. The summed E-state index contributed by atoms with van der Waals surface area (Å²) in [6.07, 6.45) is 5.66. The van der Waals surface area contributed by atoms with Crippen LogP contribution >= 0.6 is 11.6 Å². The lowest BCUT2D eigenvalue weighted by atomic mass is 9.77. The van der Waals surface area contributed by atoms with E-state index in [1.54, 1.807) is 7.11 Å². The van der Waals surface area contributed by atoms with Gasteiger partial charge < -0.3 is 4.74 Å². The molecule has 1 aromatic carbocycles. The van der Waals surface area contributed by atoms with Crippen LogP contribution in [0.2, 0.25) is 5.02 Å². The summed E-state index contributed by atoms with van der Waals surface area (Å²) in [6, 6.07) is 7.77. The van der Waals surface area contributed by atoms with Crippen molar-refractivity contribution < 1.29 is 4.74 Å². The van der Waals surface area contributed by atoms with Crippen molar-refractivity contribution in [2.45, 2.75) is 43.7 Å². The van der Waals surface area contributed by atoms with Gasteiger partial charge in [0.2, 0.25) is 0 Å². The maximum absolute atomic E-state index is 6.28. The van der Waals surface area contributed by atoms with Gasteiger partial charge in [-0.3, -0.25) is 11.3 Å². The molecule has 1 saturated carbocycles. The Morgan fingerprint density at radius 1 is 1.28 bits per heavy atom. The lowest BCUT2D eigenvalue weighted by molar-refractivity contribution is -0.0688. The molecule has 3 N–H and O–H groups in total. The Kier molecular flexibility index (Phi) is 4.62. The Balaban J connectivity index is 2.34. The minimum atomic E-state index is -0.238. The van der Waals surface area contributed by atoms with Crippen LogP contribution in [0.1, 0.15) is 43.7 Å². The number of nitrogens with two attached hydrogens (primary N) is 1. The van der Waals surface area contributed by atoms with Gasteiger partial charge >= 0.3 is 0 Å².